The lowest BCUT2D eigenvalue weighted by Gasteiger charge is -2.36. The summed E-state index contributed by atoms with van der Waals surface area (Å²) in [4.78, 5) is 19.0. The van der Waals surface area contributed by atoms with Crippen molar-refractivity contribution in [1.29, 1.82) is 0 Å². The third kappa shape index (κ3) is 6.07. The van der Waals surface area contributed by atoms with Gasteiger partial charge in [-0.3, -0.25) is 14.1 Å². The molecule has 1 aromatic carbocycles. The number of nitrogens with zero attached hydrogens (tertiary/aromatic N) is 6. The molecule has 1 N–H and O–H groups in total. The highest BCUT2D eigenvalue weighted by atomic mass is 16.1. The molecule has 0 spiro atoms. The minimum Gasteiger partial charge on any atom is -0.295 e. The summed E-state index contributed by atoms with van der Waals surface area (Å²) in [6, 6.07) is 10.3. The van der Waals surface area contributed by atoms with Crippen LogP contribution in [0.4, 0.5) is 0 Å². The van der Waals surface area contributed by atoms with Crippen molar-refractivity contribution in [2.45, 2.75) is 92.2 Å². The maximum atomic E-state index is 14.5. The molecule has 8 nitrogen and oxygen atoms in total. The van der Waals surface area contributed by atoms with Crippen LogP contribution in [0, 0.1) is 23.7 Å². The second-order valence-corrected chi connectivity index (χ2v) is 12.4. The average molecular weight is 556 g/mol. The number of unbranched alkanes of at least 4 members (excludes halogenated alkanes) is 1. The van der Waals surface area contributed by atoms with Gasteiger partial charge in [0.15, 0.2) is 0 Å². The molecule has 5 rings (SSSR count). The van der Waals surface area contributed by atoms with E-state index in [1.54, 1.807) is 0 Å². The van der Waals surface area contributed by atoms with Gasteiger partial charge in [0.1, 0.15) is 0 Å². The van der Waals surface area contributed by atoms with E-state index in [9.17, 15) is 4.79 Å². The number of tetrazole rings is 1. The van der Waals surface area contributed by atoms with Crippen molar-refractivity contribution in [3.05, 3.63) is 70.7 Å². The van der Waals surface area contributed by atoms with E-state index >= 15 is 0 Å². The topological polar surface area (TPSA) is 94.3 Å². The van der Waals surface area contributed by atoms with Gasteiger partial charge >= 0.3 is 5.69 Å². The molecule has 0 aliphatic heterocycles. The lowest BCUT2D eigenvalue weighted by molar-refractivity contribution is 0.145. The summed E-state index contributed by atoms with van der Waals surface area (Å²) >= 11 is 0. The van der Waals surface area contributed by atoms with Crippen LogP contribution in [-0.2, 0) is 13.0 Å². The van der Waals surface area contributed by atoms with Crippen molar-refractivity contribution in [2.75, 3.05) is 0 Å². The number of pyridine rings is 1. The van der Waals surface area contributed by atoms with Crippen molar-refractivity contribution >= 4 is 0 Å². The molecule has 0 radical (unpaired) electrons. The first-order valence-corrected chi connectivity index (χ1v) is 15.5. The van der Waals surface area contributed by atoms with Gasteiger partial charge in [0.25, 0.3) is 0 Å². The molecule has 3 heterocycles. The average Bonchev–Trinajstić information content (AvgIpc) is 3.54. The zero-order valence-electron chi connectivity index (χ0n) is 25.3. The number of nitrogens with one attached hydrogen (secondary N) is 1. The van der Waals surface area contributed by atoms with Crippen molar-refractivity contribution in [2.24, 2.45) is 23.7 Å². The summed E-state index contributed by atoms with van der Waals surface area (Å²) in [5, 5.41) is 14.8. The summed E-state index contributed by atoms with van der Waals surface area (Å²) in [6.07, 6.45) is 13.8. The van der Waals surface area contributed by atoms with E-state index in [-0.39, 0.29) is 11.7 Å². The highest BCUT2D eigenvalue weighted by Gasteiger charge is 2.37. The number of aromatic amines is 1. The van der Waals surface area contributed by atoms with Gasteiger partial charge in [-0.25, -0.2) is 4.79 Å². The Balaban J connectivity index is 1.61. The maximum Gasteiger partial charge on any atom is 0.328 e. The molecule has 1 fully saturated rings. The second kappa shape index (κ2) is 13.0. The fourth-order valence-corrected chi connectivity index (χ4v) is 6.95. The molecule has 3 aromatic heterocycles. The zero-order chi connectivity index (χ0) is 28.9. The largest absolute Gasteiger partial charge is 0.328 e. The molecule has 0 amide bonds. The Morgan fingerprint density at radius 2 is 1.68 bits per heavy atom. The fourth-order valence-electron chi connectivity index (χ4n) is 6.95. The van der Waals surface area contributed by atoms with Crippen LogP contribution in [0.2, 0.25) is 0 Å². The highest BCUT2D eigenvalue weighted by molar-refractivity contribution is 5.81. The van der Waals surface area contributed by atoms with Crippen LogP contribution in [0.15, 0.2) is 53.7 Å². The van der Waals surface area contributed by atoms with Crippen molar-refractivity contribution < 1.29 is 0 Å². The lowest BCUT2D eigenvalue weighted by atomic mass is 9.76. The Bertz CT molecular complexity index is 1450. The lowest BCUT2D eigenvalue weighted by Crippen LogP contribution is -2.38. The minimum atomic E-state index is 0.112. The van der Waals surface area contributed by atoms with Crippen LogP contribution in [0.3, 0.4) is 0 Å². The first-order chi connectivity index (χ1) is 19.9. The number of hydrogen-bond acceptors (Lipinski definition) is 5. The van der Waals surface area contributed by atoms with E-state index in [2.05, 4.69) is 77.1 Å². The Kier molecular flexibility index (Phi) is 9.15. The number of aromatic nitrogens is 7. The van der Waals surface area contributed by atoms with Gasteiger partial charge in [-0.1, -0.05) is 78.1 Å². The fraction of sp³-hybridized carbons (Fsp3) is 0.545. The standard InChI is InChI=1S/C33H45N7O/c1-6-7-12-25-21-40(31-26(22(2)3)13-8-9-14-27(31)23(4)5)33(41)39(25)20-24-19-34-18-17-28(24)29-15-10-11-16-30(29)32-35-37-38-36-32/h10-11,15-19,21-23,26-27,31H,6-9,12-14,20H2,1-5H3,(H,35,36,37,38). The number of H-pyrrole nitrogens is 1. The van der Waals surface area contributed by atoms with E-state index in [0.717, 1.165) is 47.2 Å². The molecular weight excluding hydrogens is 510 g/mol. The molecule has 2 atom stereocenters. The van der Waals surface area contributed by atoms with Gasteiger partial charge in [0.2, 0.25) is 5.82 Å². The van der Waals surface area contributed by atoms with Crippen LogP contribution in [0.5, 0.6) is 0 Å². The summed E-state index contributed by atoms with van der Waals surface area (Å²) in [6.45, 7) is 12.0. The van der Waals surface area contributed by atoms with Crippen molar-refractivity contribution in [3.8, 4) is 22.5 Å². The summed E-state index contributed by atoms with van der Waals surface area (Å²) in [5.74, 6) is 2.59. The monoisotopic (exact) mass is 555 g/mol. The third-order valence-corrected chi connectivity index (χ3v) is 9.14. The number of aryl methyl sites for hydroxylation is 1. The number of imidazole rings is 1. The molecular formula is C33H45N7O. The van der Waals surface area contributed by atoms with Crippen molar-refractivity contribution in [3.63, 3.8) is 0 Å². The van der Waals surface area contributed by atoms with Gasteiger partial charge in [-0.05, 0) is 77.3 Å². The van der Waals surface area contributed by atoms with Gasteiger partial charge < -0.3 is 0 Å². The maximum absolute atomic E-state index is 14.5. The van der Waals surface area contributed by atoms with Crippen LogP contribution in [0.25, 0.3) is 22.5 Å². The predicted octanol–water partition coefficient (Wildman–Crippen LogP) is 6.94. The van der Waals surface area contributed by atoms with E-state index in [0.29, 0.717) is 36.0 Å². The van der Waals surface area contributed by atoms with E-state index in [4.69, 9.17) is 0 Å². The SMILES string of the molecule is CCCCc1cn(C2C(C(C)C)CCCCC2C(C)C)c(=O)n1Cc1cnccc1-c1ccccc1-c1nn[nH]n1. The quantitative estimate of drug-likeness (QED) is 0.214. The molecule has 8 heteroatoms. The van der Waals surface area contributed by atoms with Crippen LogP contribution >= 0.6 is 0 Å². The predicted molar refractivity (Wildman–Crippen MR) is 163 cm³/mol. The zero-order valence-corrected chi connectivity index (χ0v) is 25.3. The molecule has 41 heavy (non-hydrogen) atoms. The first-order valence-electron chi connectivity index (χ1n) is 15.5. The molecule has 0 saturated heterocycles. The van der Waals surface area contributed by atoms with Gasteiger partial charge in [-0.15, -0.1) is 10.2 Å². The molecule has 1 saturated carbocycles. The van der Waals surface area contributed by atoms with Crippen LogP contribution < -0.4 is 5.69 Å². The van der Waals surface area contributed by atoms with Crippen molar-refractivity contribution in [1.82, 2.24) is 34.7 Å². The molecule has 1 aliphatic rings. The molecule has 0 bridgehead atoms. The smallest absolute Gasteiger partial charge is 0.295 e. The summed E-state index contributed by atoms with van der Waals surface area (Å²) in [7, 11) is 0. The Morgan fingerprint density at radius 3 is 2.32 bits per heavy atom. The van der Waals surface area contributed by atoms with Crippen LogP contribution in [0.1, 0.15) is 90.4 Å². The molecule has 218 valence electrons. The molecule has 4 aromatic rings. The minimum absolute atomic E-state index is 0.112. The van der Waals surface area contributed by atoms with E-state index in [1.165, 1.54) is 25.7 Å². The molecule has 1 aliphatic carbocycles. The second-order valence-electron chi connectivity index (χ2n) is 12.4. The Labute approximate surface area is 243 Å². The van der Waals surface area contributed by atoms with Gasteiger partial charge in [0.05, 0.1) is 6.54 Å². The first kappa shape index (κ1) is 29.0. The van der Waals surface area contributed by atoms with E-state index in [1.807, 2.05) is 41.2 Å². The number of benzene rings is 1. The molecule has 2 unspecified atom stereocenters. The summed E-state index contributed by atoms with van der Waals surface area (Å²) < 4.78 is 4.17. The van der Waals surface area contributed by atoms with Gasteiger partial charge in [-0.2, -0.15) is 5.21 Å². The Hall–Kier alpha value is -3.55. The highest BCUT2D eigenvalue weighted by Crippen LogP contribution is 2.43. The normalized spacial score (nSPS) is 19.6. The van der Waals surface area contributed by atoms with E-state index < -0.39 is 0 Å². The summed E-state index contributed by atoms with van der Waals surface area (Å²) in [5.41, 5.74) is 5.15. The Morgan fingerprint density at radius 1 is 0.976 bits per heavy atom. The van der Waals surface area contributed by atoms with Gasteiger partial charge in [0, 0.05) is 35.9 Å². The third-order valence-electron chi connectivity index (χ3n) is 9.14. The number of hydrogen-bond donors (Lipinski definition) is 1. The number of rotatable bonds is 10. The van der Waals surface area contributed by atoms with Crippen LogP contribution in [-0.4, -0.2) is 34.7 Å².